The molecule has 0 saturated heterocycles. The van der Waals surface area contributed by atoms with Crippen molar-refractivity contribution in [1.82, 2.24) is 0 Å². The average molecular weight is 443 g/mol. The Morgan fingerprint density at radius 2 is 1.66 bits per heavy atom. The molecule has 0 spiro atoms. The molecule has 182 valence electrons. The number of hydrogen-bond donors (Lipinski definition) is 1. The third-order valence-electron chi connectivity index (χ3n) is 8.90. The molecule has 32 heavy (non-hydrogen) atoms. The zero-order valence-electron chi connectivity index (χ0n) is 20.9. The summed E-state index contributed by atoms with van der Waals surface area (Å²) in [5, 5.41) is 10.7. The van der Waals surface area contributed by atoms with Crippen LogP contribution in [0.2, 0.25) is 0 Å². The lowest BCUT2D eigenvalue weighted by molar-refractivity contribution is -0.127. The quantitative estimate of drug-likeness (QED) is 0.244. The number of unbranched alkanes of at least 4 members (excludes halogenated alkanes) is 2. The largest absolute Gasteiger partial charge is 0.393 e. The van der Waals surface area contributed by atoms with Gasteiger partial charge in [-0.05, 0) is 87.9 Å². The first-order valence-corrected chi connectivity index (χ1v) is 14.2. The Bertz CT molecular complexity index is 582. The highest BCUT2D eigenvalue weighted by Crippen LogP contribution is 2.44. The zero-order chi connectivity index (χ0) is 22.6. The summed E-state index contributed by atoms with van der Waals surface area (Å²) < 4.78 is 0. The number of carbonyl (C=O) groups excluding carboxylic acids is 1. The number of hydrogen-bond acceptors (Lipinski definition) is 2. The molecule has 3 saturated carbocycles. The summed E-state index contributed by atoms with van der Waals surface area (Å²) in [6, 6.07) is 0. The molecule has 0 heterocycles. The van der Waals surface area contributed by atoms with Crippen LogP contribution in [0.3, 0.4) is 0 Å². The molecule has 0 amide bonds. The minimum atomic E-state index is -0.157. The van der Waals surface area contributed by atoms with E-state index in [0.717, 1.165) is 43.9 Å². The predicted octanol–water partition coefficient (Wildman–Crippen LogP) is 8.19. The summed E-state index contributed by atoms with van der Waals surface area (Å²) in [4.78, 5) is 12.9. The second-order valence-electron chi connectivity index (χ2n) is 11.2. The van der Waals surface area contributed by atoms with Crippen molar-refractivity contribution in [2.45, 2.75) is 129 Å². The zero-order valence-corrected chi connectivity index (χ0v) is 20.9. The number of allylic oxidation sites excluding steroid dienone is 4. The van der Waals surface area contributed by atoms with Crippen molar-refractivity contribution in [3.8, 4) is 0 Å². The highest BCUT2D eigenvalue weighted by atomic mass is 16.3. The Morgan fingerprint density at radius 3 is 2.47 bits per heavy atom. The van der Waals surface area contributed by atoms with Gasteiger partial charge in [-0.15, -0.1) is 0 Å². The van der Waals surface area contributed by atoms with Crippen molar-refractivity contribution in [1.29, 1.82) is 0 Å². The average Bonchev–Trinajstić information content (AvgIpc) is 2.83. The Balaban J connectivity index is 1.27. The monoisotopic (exact) mass is 442 g/mol. The fourth-order valence-electron chi connectivity index (χ4n) is 6.91. The molecular formula is C30H50O2. The van der Waals surface area contributed by atoms with Crippen molar-refractivity contribution in [2.24, 2.45) is 29.6 Å². The first kappa shape index (κ1) is 25.7. The van der Waals surface area contributed by atoms with E-state index in [9.17, 15) is 9.90 Å². The van der Waals surface area contributed by atoms with Crippen molar-refractivity contribution < 1.29 is 9.90 Å². The number of rotatable bonds is 12. The maximum absolute atomic E-state index is 12.9. The second-order valence-corrected chi connectivity index (χ2v) is 11.2. The molecule has 0 aromatic heterocycles. The van der Waals surface area contributed by atoms with Gasteiger partial charge in [0.05, 0.1) is 6.10 Å². The number of aliphatic hydroxyl groups excluding tert-OH is 1. The fraction of sp³-hybridized carbons (Fsp3) is 0.833. The minimum Gasteiger partial charge on any atom is -0.393 e. The smallest absolute Gasteiger partial charge is 0.136 e. The lowest BCUT2D eigenvalue weighted by Crippen LogP contribution is -2.35. The molecule has 0 aliphatic heterocycles. The van der Waals surface area contributed by atoms with Gasteiger partial charge in [-0.25, -0.2) is 0 Å². The molecule has 0 radical (unpaired) electrons. The SMILES string of the molecule is CCCC=CC=CCC1CCC(C(O)CCCCC(=O)C2CCCC3CCCCC32)CC1. The van der Waals surface area contributed by atoms with Crippen LogP contribution in [-0.4, -0.2) is 17.0 Å². The van der Waals surface area contributed by atoms with Gasteiger partial charge in [0.2, 0.25) is 0 Å². The third-order valence-corrected chi connectivity index (χ3v) is 8.90. The lowest BCUT2D eigenvalue weighted by atomic mass is 9.64. The van der Waals surface area contributed by atoms with E-state index in [1.54, 1.807) is 0 Å². The molecule has 3 aliphatic carbocycles. The second kappa shape index (κ2) is 14.4. The first-order chi connectivity index (χ1) is 15.7. The molecule has 2 heteroatoms. The van der Waals surface area contributed by atoms with Gasteiger partial charge in [0.25, 0.3) is 0 Å². The highest BCUT2D eigenvalue weighted by Gasteiger charge is 2.37. The van der Waals surface area contributed by atoms with Crippen LogP contribution in [0.4, 0.5) is 0 Å². The van der Waals surface area contributed by atoms with Crippen LogP contribution in [0.1, 0.15) is 122 Å². The van der Waals surface area contributed by atoms with Crippen LogP contribution in [0.5, 0.6) is 0 Å². The summed E-state index contributed by atoms with van der Waals surface area (Å²) in [6.45, 7) is 2.21. The Hall–Kier alpha value is -0.890. The maximum atomic E-state index is 12.9. The molecule has 2 nitrogen and oxygen atoms in total. The van der Waals surface area contributed by atoms with Gasteiger partial charge in [-0.3, -0.25) is 4.79 Å². The molecular weight excluding hydrogens is 392 g/mol. The standard InChI is InChI=1S/C30H50O2/c1-2-3-4-5-6-7-13-24-20-22-26(23-21-24)29(31)18-10-11-19-30(32)28-17-12-15-25-14-8-9-16-27(25)28/h4-7,24-29,31H,2-3,8-23H2,1H3. The van der Waals surface area contributed by atoms with E-state index in [2.05, 4.69) is 31.2 Å². The van der Waals surface area contributed by atoms with E-state index in [4.69, 9.17) is 0 Å². The summed E-state index contributed by atoms with van der Waals surface area (Å²) in [7, 11) is 0. The van der Waals surface area contributed by atoms with Gasteiger partial charge in [-0.2, -0.15) is 0 Å². The number of Topliss-reactive ketones (excluding diaryl/α,β-unsaturated/α-hetero) is 1. The minimum absolute atomic E-state index is 0.157. The van der Waals surface area contributed by atoms with Crippen LogP contribution in [0, 0.1) is 29.6 Å². The molecule has 3 fully saturated rings. The summed E-state index contributed by atoms with van der Waals surface area (Å²) in [6.07, 6.45) is 30.1. The Labute approximate surface area is 198 Å². The van der Waals surface area contributed by atoms with E-state index in [0.29, 0.717) is 23.5 Å². The summed E-state index contributed by atoms with van der Waals surface area (Å²) >= 11 is 0. The Morgan fingerprint density at radius 1 is 0.906 bits per heavy atom. The predicted molar refractivity (Wildman–Crippen MR) is 136 cm³/mol. The van der Waals surface area contributed by atoms with Gasteiger partial charge < -0.3 is 5.11 Å². The molecule has 0 aromatic rings. The highest BCUT2D eigenvalue weighted by molar-refractivity contribution is 5.81. The van der Waals surface area contributed by atoms with E-state index in [1.165, 1.54) is 83.5 Å². The number of ketones is 1. The summed E-state index contributed by atoms with van der Waals surface area (Å²) in [5.74, 6) is 3.74. The van der Waals surface area contributed by atoms with Crippen LogP contribution in [0.25, 0.3) is 0 Å². The Kier molecular flexibility index (Phi) is 11.6. The molecule has 1 N–H and O–H groups in total. The van der Waals surface area contributed by atoms with E-state index >= 15 is 0 Å². The normalized spacial score (nSPS) is 32.2. The molecule has 4 unspecified atom stereocenters. The van der Waals surface area contributed by atoms with E-state index in [1.807, 2.05) is 0 Å². The number of aliphatic hydroxyl groups is 1. The van der Waals surface area contributed by atoms with Crippen molar-refractivity contribution in [2.75, 3.05) is 0 Å². The van der Waals surface area contributed by atoms with Gasteiger partial charge in [0.1, 0.15) is 5.78 Å². The molecule has 3 aliphatic rings. The van der Waals surface area contributed by atoms with Crippen LogP contribution in [-0.2, 0) is 4.79 Å². The number of fused-ring (bicyclic) bond motifs is 1. The van der Waals surface area contributed by atoms with Gasteiger partial charge in [0, 0.05) is 12.3 Å². The molecule has 0 aromatic carbocycles. The van der Waals surface area contributed by atoms with Gasteiger partial charge in [0.15, 0.2) is 0 Å². The maximum Gasteiger partial charge on any atom is 0.136 e. The lowest BCUT2D eigenvalue weighted by Gasteiger charge is -2.40. The van der Waals surface area contributed by atoms with Gasteiger partial charge in [-0.1, -0.05) is 76.2 Å². The van der Waals surface area contributed by atoms with E-state index in [-0.39, 0.29) is 6.10 Å². The van der Waals surface area contributed by atoms with Gasteiger partial charge >= 0.3 is 0 Å². The topological polar surface area (TPSA) is 37.3 Å². The summed E-state index contributed by atoms with van der Waals surface area (Å²) in [5.41, 5.74) is 0. The fourth-order valence-corrected chi connectivity index (χ4v) is 6.91. The van der Waals surface area contributed by atoms with E-state index < -0.39 is 0 Å². The molecule has 0 bridgehead atoms. The first-order valence-electron chi connectivity index (χ1n) is 14.2. The number of carbonyl (C=O) groups is 1. The van der Waals surface area contributed by atoms with Crippen LogP contribution >= 0.6 is 0 Å². The van der Waals surface area contributed by atoms with Crippen molar-refractivity contribution in [3.63, 3.8) is 0 Å². The van der Waals surface area contributed by atoms with Crippen LogP contribution < -0.4 is 0 Å². The molecule has 4 atom stereocenters. The van der Waals surface area contributed by atoms with Crippen molar-refractivity contribution in [3.05, 3.63) is 24.3 Å². The van der Waals surface area contributed by atoms with Crippen LogP contribution in [0.15, 0.2) is 24.3 Å². The van der Waals surface area contributed by atoms with Crippen molar-refractivity contribution >= 4 is 5.78 Å². The third kappa shape index (κ3) is 8.15. The molecule has 3 rings (SSSR count).